The van der Waals surface area contributed by atoms with Gasteiger partial charge in [-0.25, -0.2) is 4.79 Å². The lowest BCUT2D eigenvalue weighted by atomic mass is 9.87. The molecular weight excluding hydrogens is 380 g/mol. The lowest BCUT2D eigenvalue weighted by molar-refractivity contribution is -0.137. The number of benzene rings is 1. The van der Waals surface area contributed by atoms with Crippen molar-refractivity contribution in [2.75, 3.05) is 11.4 Å². The fourth-order valence-electron chi connectivity index (χ4n) is 4.22. The summed E-state index contributed by atoms with van der Waals surface area (Å²) < 4.78 is 5.69. The minimum Gasteiger partial charge on any atom is -0.481 e. The minimum atomic E-state index is -0.801. The van der Waals surface area contributed by atoms with Crippen LogP contribution in [-0.2, 0) is 4.79 Å². The molecule has 3 aromatic rings. The highest BCUT2D eigenvalue weighted by atomic mass is 16.4. The summed E-state index contributed by atoms with van der Waals surface area (Å²) >= 11 is 0. The number of nitrogens with zero attached hydrogens (tertiary/aromatic N) is 2. The molecule has 30 heavy (non-hydrogen) atoms. The van der Waals surface area contributed by atoms with E-state index in [0.717, 1.165) is 27.8 Å². The number of rotatable bonds is 5. The third-order valence-electron chi connectivity index (χ3n) is 5.60. The van der Waals surface area contributed by atoms with Crippen LogP contribution in [0.4, 0.5) is 5.69 Å². The molecule has 0 aliphatic carbocycles. The van der Waals surface area contributed by atoms with Crippen molar-refractivity contribution < 1.29 is 14.3 Å². The second-order valence-corrected chi connectivity index (χ2v) is 8.22. The molecule has 0 bridgehead atoms. The normalized spacial score (nSPS) is 15.0. The predicted octanol–water partition coefficient (Wildman–Crippen LogP) is 4.72. The third-order valence-corrected chi connectivity index (χ3v) is 5.60. The van der Waals surface area contributed by atoms with Crippen LogP contribution in [0.5, 0.6) is 0 Å². The maximum atomic E-state index is 12.6. The van der Waals surface area contributed by atoms with E-state index < -0.39 is 11.6 Å². The Morgan fingerprint density at radius 3 is 2.57 bits per heavy atom. The number of hydrogen-bond donors (Lipinski definition) is 1. The molecule has 0 fully saturated rings. The van der Waals surface area contributed by atoms with E-state index in [0.29, 0.717) is 24.1 Å². The Bertz CT molecular complexity index is 1210. The van der Waals surface area contributed by atoms with Crippen molar-refractivity contribution in [3.8, 4) is 11.1 Å². The summed E-state index contributed by atoms with van der Waals surface area (Å²) in [7, 11) is 0. The lowest BCUT2D eigenvalue weighted by Crippen LogP contribution is -2.45. The molecule has 154 valence electrons. The molecule has 0 saturated carbocycles. The molecule has 0 unspecified atom stereocenters. The van der Waals surface area contributed by atoms with E-state index in [1.807, 2.05) is 18.2 Å². The van der Waals surface area contributed by atoms with Gasteiger partial charge >= 0.3 is 11.6 Å². The highest BCUT2D eigenvalue weighted by molar-refractivity contribution is 5.93. The van der Waals surface area contributed by atoms with Crippen LogP contribution in [0.1, 0.15) is 39.2 Å². The van der Waals surface area contributed by atoms with Gasteiger partial charge in [0.2, 0.25) is 0 Å². The zero-order chi connectivity index (χ0) is 21.5. The monoisotopic (exact) mass is 404 g/mol. The Morgan fingerprint density at radius 2 is 1.87 bits per heavy atom. The number of pyridine rings is 1. The Morgan fingerprint density at radius 1 is 1.17 bits per heavy atom. The Balaban J connectivity index is 1.84. The molecule has 6 heteroatoms. The number of carbonyl (C=O) groups is 1. The van der Waals surface area contributed by atoms with Crippen LogP contribution in [0, 0.1) is 0 Å². The topological polar surface area (TPSA) is 83.6 Å². The van der Waals surface area contributed by atoms with Gasteiger partial charge in [-0.2, -0.15) is 0 Å². The molecule has 1 aliphatic heterocycles. The van der Waals surface area contributed by atoms with Gasteiger partial charge < -0.3 is 14.4 Å². The maximum Gasteiger partial charge on any atom is 0.344 e. The van der Waals surface area contributed by atoms with Crippen molar-refractivity contribution >= 4 is 28.2 Å². The zero-order valence-electron chi connectivity index (χ0n) is 17.3. The first-order chi connectivity index (χ1) is 14.3. The fraction of sp³-hybridized carbons (Fsp3) is 0.292. The summed E-state index contributed by atoms with van der Waals surface area (Å²) in [5.41, 5.74) is 4.27. The number of hydrogen-bond acceptors (Lipinski definition) is 5. The van der Waals surface area contributed by atoms with E-state index in [-0.39, 0.29) is 12.0 Å². The number of allylic oxidation sites excluding steroid dienone is 1. The number of aliphatic carboxylic acids is 1. The van der Waals surface area contributed by atoms with Crippen LogP contribution in [0.2, 0.25) is 0 Å². The van der Waals surface area contributed by atoms with Crippen molar-refractivity contribution in [3.05, 3.63) is 64.8 Å². The van der Waals surface area contributed by atoms with E-state index in [1.54, 1.807) is 24.5 Å². The van der Waals surface area contributed by atoms with Gasteiger partial charge in [-0.3, -0.25) is 9.78 Å². The van der Waals surface area contributed by atoms with E-state index in [2.05, 4.69) is 36.7 Å². The molecule has 1 N–H and O–H groups in total. The quantitative estimate of drug-likeness (QED) is 0.620. The molecule has 0 atom stereocenters. The van der Waals surface area contributed by atoms with Gasteiger partial charge in [-0.05, 0) is 62.6 Å². The highest BCUT2D eigenvalue weighted by Gasteiger charge is 2.31. The van der Waals surface area contributed by atoms with Crippen molar-refractivity contribution in [2.24, 2.45) is 0 Å². The van der Waals surface area contributed by atoms with Crippen LogP contribution in [-0.4, -0.2) is 28.1 Å². The van der Waals surface area contributed by atoms with Crippen LogP contribution in [0.15, 0.2) is 58.0 Å². The van der Waals surface area contributed by atoms with Gasteiger partial charge in [0.1, 0.15) is 5.58 Å². The van der Waals surface area contributed by atoms with Crippen molar-refractivity contribution in [3.63, 3.8) is 0 Å². The average molecular weight is 404 g/mol. The van der Waals surface area contributed by atoms with E-state index >= 15 is 0 Å². The van der Waals surface area contributed by atoms with Crippen molar-refractivity contribution in [1.29, 1.82) is 0 Å². The number of carboxylic acids is 1. The molecule has 6 nitrogen and oxygen atoms in total. The molecule has 1 aliphatic rings. The number of anilines is 1. The van der Waals surface area contributed by atoms with Crippen LogP contribution in [0.25, 0.3) is 27.7 Å². The van der Waals surface area contributed by atoms with E-state index in [4.69, 9.17) is 9.52 Å². The van der Waals surface area contributed by atoms with Crippen LogP contribution >= 0.6 is 0 Å². The fourth-order valence-corrected chi connectivity index (χ4v) is 4.22. The molecule has 0 saturated heterocycles. The van der Waals surface area contributed by atoms with Gasteiger partial charge in [-0.15, -0.1) is 0 Å². The Kier molecular flexibility index (Phi) is 4.94. The average Bonchev–Trinajstić information content (AvgIpc) is 2.69. The largest absolute Gasteiger partial charge is 0.481 e. The van der Waals surface area contributed by atoms with Crippen molar-refractivity contribution in [2.45, 2.75) is 39.2 Å². The summed E-state index contributed by atoms with van der Waals surface area (Å²) in [6.45, 7) is 6.88. The van der Waals surface area contributed by atoms with Gasteiger partial charge in [0, 0.05) is 48.1 Å². The standard InChI is InChI=1S/C24H24N2O4/c1-15-14-24(2,3)26(10-4-5-22(27)28)20-13-21-17(11-18(15)20)12-19(23(29)30-21)16-6-8-25-9-7-16/h6-9,11-14H,4-5,10H2,1-3H3,(H,27,28). The molecule has 0 amide bonds. The molecule has 0 spiro atoms. The molecule has 4 rings (SSSR count). The summed E-state index contributed by atoms with van der Waals surface area (Å²) in [6.07, 6.45) is 6.15. The summed E-state index contributed by atoms with van der Waals surface area (Å²) in [5, 5.41) is 9.86. The lowest BCUT2D eigenvalue weighted by Gasteiger charge is -2.43. The highest BCUT2D eigenvalue weighted by Crippen LogP contribution is 2.41. The smallest absolute Gasteiger partial charge is 0.344 e. The molecule has 0 radical (unpaired) electrons. The number of aromatic nitrogens is 1. The second kappa shape index (κ2) is 7.44. The van der Waals surface area contributed by atoms with Crippen LogP contribution < -0.4 is 10.5 Å². The van der Waals surface area contributed by atoms with E-state index in [9.17, 15) is 9.59 Å². The molecular formula is C24H24N2O4. The first-order valence-corrected chi connectivity index (χ1v) is 9.98. The number of carboxylic acid groups (broad SMARTS) is 1. The zero-order valence-corrected chi connectivity index (χ0v) is 17.3. The minimum absolute atomic E-state index is 0.114. The predicted molar refractivity (Wildman–Crippen MR) is 118 cm³/mol. The van der Waals surface area contributed by atoms with Gasteiger partial charge in [-0.1, -0.05) is 6.08 Å². The maximum absolute atomic E-state index is 12.6. The molecule has 2 aromatic heterocycles. The summed E-state index contributed by atoms with van der Waals surface area (Å²) in [5.74, 6) is -0.801. The summed E-state index contributed by atoms with van der Waals surface area (Å²) in [4.78, 5) is 29.8. The van der Waals surface area contributed by atoms with Crippen molar-refractivity contribution in [1.82, 2.24) is 4.98 Å². The second-order valence-electron chi connectivity index (χ2n) is 8.22. The van der Waals surface area contributed by atoms with Crippen LogP contribution in [0.3, 0.4) is 0 Å². The van der Waals surface area contributed by atoms with Gasteiger partial charge in [0.15, 0.2) is 0 Å². The Hall–Kier alpha value is -3.41. The van der Waals surface area contributed by atoms with Gasteiger partial charge in [0.05, 0.1) is 11.1 Å². The molecule has 3 heterocycles. The first-order valence-electron chi connectivity index (χ1n) is 9.98. The SMILES string of the molecule is CC1=CC(C)(C)N(CCCC(=O)O)c2cc3oc(=O)c(-c4ccncc4)cc3cc21. The Labute approximate surface area is 174 Å². The first kappa shape index (κ1) is 19.9. The number of fused-ring (bicyclic) bond motifs is 2. The van der Waals surface area contributed by atoms with E-state index in [1.165, 1.54) is 0 Å². The third kappa shape index (κ3) is 3.61. The van der Waals surface area contributed by atoms with Gasteiger partial charge in [0.25, 0.3) is 0 Å². The summed E-state index contributed by atoms with van der Waals surface area (Å²) in [6, 6.07) is 9.38. The molecule has 1 aromatic carbocycles.